The summed E-state index contributed by atoms with van der Waals surface area (Å²) in [6.07, 6.45) is 2.84. The molecule has 0 fully saturated rings. The molecule has 5 aromatic rings. The molecule has 3 heterocycles. The predicted octanol–water partition coefficient (Wildman–Crippen LogP) is 5.34. The largest absolute Gasteiger partial charge is 0.528 e. The molecule has 0 unspecified atom stereocenters. The number of fused-ring (bicyclic) bond motifs is 1. The van der Waals surface area contributed by atoms with Crippen LogP contribution in [0.2, 0.25) is 0 Å². The van der Waals surface area contributed by atoms with Gasteiger partial charge in [-0.3, -0.25) is 9.36 Å². The third-order valence-corrected chi connectivity index (χ3v) is 7.34. The van der Waals surface area contributed by atoms with E-state index in [2.05, 4.69) is 27.7 Å². The maximum atomic E-state index is 14.0. The molecule has 2 aromatic heterocycles. The lowest BCUT2D eigenvalue weighted by Gasteiger charge is -2.17. The summed E-state index contributed by atoms with van der Waals surface area (Å²) >= 11 is 0. The molecule has 0 atom stereocenters. The summed E-state index contributed by atoms with van der Waals surface area (Å²) in [5.74, 6) is 1.95. The van der Waals surface area contributed by atoms with Gasteiger partial charge in [-0.2, -0.15) is 5.16 Å². The van der Waals surface area contributed by atoms with Crippen LogP contribution in [0, 0.1) is 6.92 Å². The van der Waals surface area contributed by atoms with Crippen molar-refractivity contribution in [1.82, 2.24) is 19.7 Å². The zero-order valence-electron chi connectivity index (χ0n) is 22.5. The summed E-state index contributed by atoms with van der Waals surface area (Å²) in [6.45, 7) is 5.15. The number of unbranched alkanes of at least 4 members (excludes halogenated alkanes) is 1. The molecule has 6 rings (SSSR count). The van der Waals surface area contributed by atoms with Gasteiger partial charge in [0.25, 0.3) is 5.56 Å². The summed E-state index contributed by atoms with van der Waals surface area (Å²) in [4.78, 5) is 22.8. The first-order valence-corrected chi connectivity index (χ1v) is 13.6. The second-order valence-electron chi connectivity index (χ2n) is 10.0. The maximum Gasteiger partial charge on any atom is 0.261 e. The molecule has 3 aromatic carbocycles. The van der Waals surface area contributed by atoms with Gasteiger partial charge in [-0.15, -0.1) is 0 Å². The Hall–Kier alpha value is -4.72. The van der Waals surface area contributed by atoms with Crippen LogP contribution in [0.1, 0.15) is 42.4 Å². The predicted molar refractivity (Wildman–Crippen MR) is 150 cm³/mol. The van der Waals surface area contributed by atoms with Gasteiger partial charge in [0.1, 0.15) is 11.6 Å². The van der Waals surface area contributed by atoms with Crippen LogP contribution >= 0.6 is 0 Å². The summed E-state index contributed by atoms with van der Waals surface area (Å²) in [7, 11) is 0. The number of hydrogen-bond acceptors (Lipinski definition) is 7. The molecule has 8 heteroatoms. The van der Waals surface area contributed by atoms with Crippen molar-refractivity contribution >= 4 is 0 Å². The smallest absolute Gasteiger partial charge is 0.261 e. The fourth-order valence-corrected chi connectivity index (χ4v) is 5.30. The standard InChI is InChI=1S/C32H30N4O4/c1-3-4-9-28-33-20(2)29(24-14-15-27-23(18-24)16-17-39-27)31(37)36(28)19-21-10-12-22(13-11-21)25-7-5-6-8-26(25)30-34-32(38)40-35-30/h5-8,10-15,18H,3-4,9,16-17,19H2,1-2H3,(H,34,35,38)/p-1. The Morgan fingerprint density at radius 3 is 2.50 bits per heavy atom. The van der Waals surface area contributed by atoms with Crippen LogP contribution in [0.15, 0.2) is 76.0 Å². The second kappa shape index (κ2) is 10.8. The molecule has 1 aliphatic rings. The van der Waals surface area contributed by atoms with E-state index < -0.39 is 6.08 Å². The Morgan fingerprint density at radius 2 is 1.75 bits per heavy atom. The van der Waals surface area contributed by atoms with Gasteiger partial charge in [0.15, 0.2) is 11.9 Å². The molecule has 40 heavy (non-hydrogen) atoms. The maximum absolute atomic E-state index is 14.0. The van der Waals surface area contributed by atoms with Crippen molar-refractivity contribution in [1.29, 1.82) is 0 Å². The molecule has 0 N–H and O–H groups in total. The third kappa shape index (κ3) is 4.88. The highest BCUT2D eigenvalue weighted by Gasteiger charge is 2.19. The van der Waals surface area contributed by atoms with Gasteiger partial charge in [0, 0.05) is 18.4 Å². The van der Waals surface area contributed by atoms with Crippen LogP contribution in [0.5, 0.6) is 11.8 Å². The Labute approximate surface area is 231 Å². The average molecular weight is 534 g/mol. The molecule has 1 aliphatic heterocycles. The van der Waals surface area contributed by atoms with Crippen LogP contribution in [0.4, 0.5) is 0 Å². The number of nitrogens with zero attached hydrogens (tertiary/aromatic N) is 4. The van der Waals surface area contributed by atoms with E-state index in [1.54, 1.807) is 0 Å². The minimum atomic E-state index is -0.719. The number of benzene rings is 3. The van der Waals surface area contributed by atoms with Crippen LogP contribution in [-0.4, -0.2) is 26.3 Å². The number of aryl methyl sites for hydroxylation is 2. The fourth-order valence-electron chi connectivity index (χ4n) is 5.30. The van der Waals surface area contributed by atoms with E-state index in [9.17, 15) is 9.90 Å². The first kappa shape index (κ1) is 25.6. The lowest BCUT2D eigenvalue weighted by Crippen LogP contribution is -2.28. The molecule has 0 bridgehead atoms. The summed E-state index contributed by atoms with van der Waals surface area (Å²) in [5.41, 5.74) is 6.89. The van der Waals surface area contributed by atoms with Crippen molar-refractivity contribution in [2.75, 3.05) is 6.61 Å². The Bertz CT molecular complexity index is 1740. The number of aromatic nitrogens is 4. The van der Waals surface area contributed by atoms with Gasteiger partial charge in [-0.05, 0) is 53.3 Å². The fraction of sp³-hybridized carbons (Fsp3) is 0.250. The number of hydrogen-bond donors (Lipinski definition) is 0. The summed E-state index contributed by atoms with van der Waals surface area (Å²) < 4.78 is 12.1. The highest BCUT2D eigenvalue weighted by molar-refractivity contribution is 5.80. The molecule has 8 nitrogen and oxygen atoms in total. The molecular weight excluding hydrogens is 504 g/mol. The Balaban J connectivity index is 1.36. The van der Waals surface area contributed by atoms with Gasteiger partial charge in [-0.25, -0.2) is 9.97 Å². The quantitative estimate of drug-likeness (QED) is 0.265. The minimum absolute atomic E-state index is 0.0302. The van der Waals surface area contributed by atoms with E-state index in [1.807, 2.05) is 72.2 Å². The Morgan fingerprint density at radius 1 is 0.975 bits per heavy atom. The molecule has 202 valence electrons. The third-order valence-electron chi connectivity index (χ3n) is 7.34. The van der Waals surface area contributed by atoms with E-state index in [0.29, 0.717) is 24.3 Å². The van der Waals surface area contributed by atoms with Gasteiger partial charge in [0.2, 0.25) is 0 Å². The van der Waals surface area contributed by atoms with E-state index in [1.165, 1.54) is 0 Å². The lowest BCUT2D eigenvalue weighted by atomic mass is 9.98. The Kier molecular flexibility index (Phi) is 6.90. The first-order chi connectivity index (χ1) is 19.5. The average Bonchev–Trinajstić information content (AvgIpc) is 3.62. The molecule has 0 amide bonds. The number of rotatable bonds is 8. The van der Waals surface area contributed by atoms with Crippen molar-refractivity contribution in [3.8, 4) is 45.5 Å². The van der Waals surface area contributed by atoms with Crippen molar-refractivity contribution < 1.29 is 14.4 Å². The van der Waals surface area contributed by atoms with E-state index in [0.717, 1.165) is 70.8 Å². The topological polar surface area (TPSA) is 106 Å². The van der Waals surface area contributed by atoms with Gasteiger partial charge < -0.3 is 14.4 Å². The van der Waals surface area contributed by atoms with Crippen LogP contribution in [-0.2, 0) is 19.4 Å². The minimum Gasteiger partial charge on any atom is -0.528 e. The zero-order chi connectivity index (χ0) is 27.6. The highest BCUT2D eigenvalue weighted by atomic mass is 16.6. The van der Waals surface area contributed by atoms with E-state index >= 15 is 0 Å². The lowest BCUT2D eigenvalue weighted by molar-refractivity contribution is -0.303. The molecular formula is C32H29N4O4-. The number of ether oxygens (including phenoxy) is 1. The van der Waals surface area contributed by atoms with E-state index in [4.69, 9.17) is 9.72 Å². The molecule has 0 spiro atoms. The molecule has 0 radical (unpaired) electrons. The zero-order valence-corrected chi connectivity index (χ0v) is 22.5. The van der Waals surface area contributed by atoms with Gasteiger partial charge in [-0.1, -0.05) is 67.9 Å². The monoisotopic (exact) mass is 533 g/mol. The van der Waals surface area contributed by atoms with Gasteiger partial charge in [0.05, 0.1) is 24.4 Å². The SMILES string of the molecule is CCCCc1nc(C)c(-c2ccc3c(c2)CCO3)c(=O)n1Cc1ccc(-c2ccccc2-c2noc([O-])n2)cc1. The first-order valence-electron chi connectivity index (χ1n) is 13.6. The van der Waals surface area contributed by atoms with Gasteiger partial charge >= 0.3 is 0 Å². The molecule has 0 saturated carbocycles. The van der Waals surface area contributed by atoms with Crippen molar-refractivity contribution in [2.45, 2.75) is 46.1 Å². The second-order valence-corrected chi connectivity index (χ2v) is 10.0. The van der Waals surface area contributed by atoms with Crippen molar-refractivity contribution in [3.05, 3.63) is 99.7 Å². The normalized spacial score (nSPS) is 12.3. The van der Waals surface area contributed by atoms with Crippen LogP contribution in [0.3, 0.4) is 0 Å². The van der Waals surface area contributed by atoms with E-state index in [-0.39, 0.29) is 11.4 Å². The molecule has 0 aliphatic carbocycles. The van der Waals surface area contributed by atoms with Crippen molar-refractivity contribution in [3.63, 3.8) is 0 Å². The van der Waals surface area contributed by atoms with Crippen LogP contribution < -0.4 is 15.4 Å². The van der Waals surface area contributed by atoms with Crippen molar-refractivity contribution in [2.24, 2.45) is 0 Å². The summed E-state index contributed by atoms with van der Waals surface area (Å²) in [6, 6.07) is 21.6. The highest BCUT2D eigenvalue weighted by Crippen LogP contribution is 2.32. The summed E-state index contributed by atoms with van der Waals surface area (Å²) in [5, 5.41) is 15.3. The van der Waals surface area contributed by atoms with Crippen LogP contribution in [0.25, 0.3) is 33.6 Å². The molecule has 0 saturated heterocycles.